The topological polar surface area (TPSA) is 55.8 Å². The normalized spacial score (nSPS) is 8.90. The third-order valence-electron chi connectivity index (χ3n) is 0.759. The first-order valence-corrected chi connectivity index (χ1v) is 2.81. The maximum absolute atomic E-state index is 10.0. The molecule has 0 saturated carbocycles. The molecule has 0 spiro atoms. The molecule has 0 fully saturated rings. The fourth-order valence-electron chi connectivity index (χ4n) is 0.258. The molecule has 0 aromatic rings. The van der Waals surface area contributed by atoms with E-state index in [9.17, 15) is 4.79 Å². The van der Waals surface area contributed by atoms with Crippen molar-refractivity contribution in [3.05, 3.63) is 12.3 Å². The van der Waals surface area contributed by atoms with Gasteiger partial charge in [-0.2, -0.15) is 0 Å². The molecule has 0 aromatic carbocycles. The van der Waals surface area contributed by atoms with E-state index < -0.39 is 5.97 Å². The number of aliphatic carboxylic acids is 1. The minimum absolute atomic E-state index is 0.0539. The van der Waals surface area contributed by atoms with Crippen LogP contribution in [0.5, 0.6) is 0 Å². The van der Waals surface area contributed by atoms with E-state index in [1.807, 2.05) is 0 Å². The van der Waals surface area contributed by atoms with Crippen LogP contribution < -0.4 is 0 Å². The van der Waals surface area contributed by atoms with Gasteiger partial charge in [0.25, 0.3) is 0 Å². The average Bonchev–Trinajstić information content (AvgIpc) is 1.88. The summed E-state index contributed by atoms with van der Waals surface area (Å²) in [6, 6.07) is 0. The Hall–Kier alpha value is -1.03. The van der Waals surface area contributed by atoms with E-state index in [2.05, 4.69) is 11.3 Å². The van der Waals surface area contributed by atoms with Gasteiger partial charge in [0.1, 0.15) is 0 Å². The second kappa shape index (κ2) is 4.81. The molecule has 0 aromatic heterocycles. The maximum Gasteiger partial charge on any atom is 0.370 e. The van der Waals surface area contributed by atoms with Gasteiger partial charge in [0, 0.05) is 6.61 Å². The molecule has 0 atom stereocenters. The zero-order valence-electron chi connectivity index (χ0n) is 5.79. The molecular formula is C6H10O4. The zero-order chi connectivity index (χ0) is 7.98. The van der Waals surface area contributed by atoms with E-state index in [1.54, 1.807) is 6.92 Å². The van der Waals surface area contributed by atoms with Gasteiger partial charge in [-0.05, 0) is 13.5 Å². The molecule has 0 aliphatic carbocycles. The van der Waals surface area contributed by atoms with Gasteiger partial charge in [-0.25, -0.2) is 4.79 Å². The van der Waals surface area contributed by atoms with Crippen molar-refractivity contribution in [3.63, 3.8) is 0 Å². The zero-order valence-corrected chi connectivity index (χ0v) is 5.79. The molecule has 0 aliphatic rings. The van der Waals surface area contributed by atoms with Crippen LogP contribution in [0.15, 0.2) is 12.3 Å². The van der Waals surface area contributed by atoms with Crippen LogP contribution in [0.4, 0.5) is 0 Å². The lowest BCUT2D eigenvalue weighted by molar-refractivity contribution is -0.139. The van der Waals surface area contributed by atoms with Crippen LogP contribution in [-0.4, -0.2) is 24.5 Å². The number of hydrogen-bond donors (Lipinski definition) is 1. The number of rotatable bonds is 5. The maximum atomic E-state index is 10.0. The summed E-state index contributed by atoms with van der Waals surface area (Å²) >= 11 is 0. The summed E-state index contributed by atoms with van der Waals surface area (Å²) in [6.45, 7) is 5.35. The van der Waals surface area contributed by atoms with Crippen molar-refractivity contribution < 1.29 is 19.4 Å². The van der Waals surface area contributed by atoms with Crippen molar-refractivity contribution in [2.24, 2.45) is 0 Å². The quantitative estimate of drug-likeness (QED) is 0.267. The molecule has 0 unspecified atom stereocenters. The molecule has 10 heavy (non-hydrogen) atoms. The van der Waals surface area contributed by atoms with E-state index >= 15 is 0 Å². The lowest BCUT2D eigenvalue weighted by atomic mass is 10.6. The first-order chi connectivity index (χ1) is 4.68. The van der Waals surface area contributed by atoms with Crippen LogP contribution in [0, 0.1) is 0 Å². The van der Waals surface area contributed by atoms with Crippen LogP contribution in [0.25, 0.3) is 0 Å². The highest BCUT2D eigenvalue weighted by Gasteiger charge is 2.02. The number of carboxylic acids is 1. The predicted molar refractivity (Wildman–Crippen MR) is 34.4 cm³/mol. The summed E-state index contributed by atoms with van der Waals surface area (Å²) in [5.41, 5.74) is 0. The molecule has 0 heterocycles. The Bertz CT molecular complexity index is 130. The smallest absolute Gasteiger partial charge is 0.370 e. The van der Waals surface area contributed by atoms with Crippen LogP contribution in [0.1, 0.15) is 6.92 Å². The van der Waals surface area contributed by atoms with E-state index in [-0.39, 0.29) is 12.6 Å². The van der Waals surface area contributed by atoms with Gasteiger partial charge < -0.3 is 14.6 Å². The lowest BCUT2D eigenvalue weighted by Gasteiger charge is -2.03. The molecular weight excluding hydrogens is 136 g/mol. The molecule has 1 N–H and O–H groups in total. The first-order valence-electron chi connectivity index (χ1n) is 2.81. The van der Waals surface area contributed by atoms with Gasteiger partial charge in [-0.3, -0.25) is 0 Å². The minimum atomic E-state index is -1.17. The van der Waals surface area contributed by atoms with Gasteiger partial charge in [-0.1, -0.05) is 0 Å². The molecule has 0 radical (unpaired) electrons. The summed E-state index contributed by atoms with van der Waals surface area (Å²) < 4.78 is 9.24. The standard InChI is InChI=1S/C6H10O4/c1-3-9-4-10-5(2)6(7)8/h2-4H2,1H3,(H,7,8). The van der Waals surface area contributed by atoms with Crippen molar-refractivity contribution in [1.82, 2.24) is 0 Å². The SMILES string of the molecule is C=C(OCOCC)C(=O)O. The van der Waals surface area contributed by atoms with E-state index in [4.69, 9.17) is 9.84 Å². The van der Waals surface area contributed by atoms with Crippen molar-refractivity contribution in [3.8, 4) is 0 Å². The summed E-state index contributed by atoms with van der Waals surface area (Å²) in [7, 11) is 0. The third kappa shape index (κ3) is 3.91. The minimum Gasteiger partial charge on any atom is -0.475 e. The molecule has 58 valence electrons. The summed E-state index contributed by atoms with van der Waals surface area (Å²) in [5.74, 6) is -1.46. The highest BCUT2D eigenvalue weighted by atomic mass is 16.7. The molecule has 0 rings (SSSR count). The summed E-state index contributed by atoms with van der Waals surface area (Å²) in [6.07, 6.45) is 0. The highest BCUT2D eigenvalue weighted by molar-refractivity contribution is 5.83. The Balaban J connectivity index is 3.31. The molecule has 4 heteroatoms. The largest absolute Gasteiger partial charge is 0.475 e. The van der Waals surface area contributed by atoms with Crippen molar-refractivity contribution in [2.45, 2.75) is 6.92 Å². The fraction of sp³-hybridized carbons (Fsp3) is 0.500. The van der Waals surface area contributed by atoms with Gasteiger partial charge in [0.15, 0.2) is 12.6 Å². The third-order valence-corrected chi connectivity index (χ3v) is 0.759. The van der Waals surface area contributed by atoms with Gasteiger partial charge in [0.2, 0.25) is 0 Å². The Morgan fingerprint density at radius 3 is 2.70 bits per heavy atom. The van der Waals surface area contributed by atoms with Crippen molar-refractivity contribution in [1.29, 1.82) is 0 Å². The van der Waals surface area contributed by atoms with Crippen molar-refractivity contribution in [2.75, 3.05) is 13.4 Å². The number of ether oxygens (including phenoxy) is 2. The lowest BCUT2D eigenvalue weighted by Crippen LogP contribution is -2.06. The number of hydrogen-bond acceptors (Lipinski definition) is 3. The summed E-state index contributed by atoms with van der Waals surface area (Å²) in [5, 5.41) is 8.20. The Kier molecular flexibility index (Phi) is 4.32. The van der Waals surface area contributed by atoms with E-state index in [0.29, 0.717) is 6.61 Å². The Morgan fingerprint density at radius 1 is 1.70 bits per heavy atom. The van der Waals surface area contributed by atoms with Gasteiger partial charge in [-0.15, -0.1) is 0 Å². The van der Waals surface area contributed by atoms with Crippen LogP contribution in [0.3, 0.4) is 0 Å². The van der Waals surface area contributed by atoms with Gasteiger partial charge in [0.05, 0.1) is 0 Å². The molecule has 0 aliphatic heterocycles. The fourth-order valence-corrected chi connectivity index (χ4v) is 0.258. The Labute approximate surface area is 59.1 Å². The second-order valence-corrected chi connectivity index (χ2v) is 1.48. The number of carbonyl (C=O) groups is 1. The van der Waals surface area contributed by atoms with Crippen LogP contribution >= 0.6 is 0 Å². The summed E-state index contributed by atoms with van der Waals surface area (Å²) in [4.78, 5) is 10.0. The van der Waals surface area contributed by atoms with E-state index in [0.717, 1.165) is 0 Å². The molecule has 0 bridgehead atoms. The highest BCUT2D eigenvalue weighted by Crippen LogP contribution is 1.92. The monoisotopic (exact) mass is 146 g/mol. The van der Waals surface area contributed by atoms with Crippen LogP contribution in [-0.2, 0) is 14.3 Å². The molecule has 0 amide bonds. The molecule has 0 saturated heterocycles. The van der Waals surface area contributed by atoms with Crippen LogP contribution in [0.2, 0.25) is 0 Å². The predicted octanol–water partition coefficient (Wildman–Crippen LogP) is 0.595. The van der Waals surface area contributed by atoms with Crippen molar-refractivity contribution >= 4 is 5.97 Å². The Morgan fingerprint density at radius 2 is 2.30 bits per heavy atom. The number of carboxylic acid groups (broad SMARTS) is 1. The van der Waals surface area contributed by atoms with E-state index in [1.165, 1.54) is 0 Å². The van der Waals surface area contributed by atoms with Gasteiger partial charge >= 0.3 is 5.97 Å². The second-order valence-electron chi connectivity index (χ2n) is 1.48. The molecule has 4 nitrogen and oxygen atoms in total. The first kappa shape index (κ1) is 8.97. The average molecular weight is 146 g/mol.